The number of pyridine rings is 1. The van der Waals surface area contributed by atoms with E-state index in [0.29, 0.717) is 12.5 Å². The third-order valence-electron chi connectivity index (χ3n) is 3.06. The molecule has 3 nitrogen and oxygen atoms in total. The van der Waals surface area contributed by atoms with Gasteiger partial charge in [-0.15, -0.1) is 0 Å². The second-order valence-corrected chi connectivity index (χ2v) is 4.94. The number of rotatable bonds is 4. The Morgan fingerprint density at radius 1 is 1.15 bits per heavy atom. The Morgan fingerprint density at radius 2 is 1.80 bits per heavy atom. The molecule has 0 fully saturated rings. The van der Waals surface area contributed by atoms with Gasteiger partial charge in [0.05, 0.1) is 0 Å². The van der Waals surface area contributed by atoms with E-state index in [4.69, 9.17) is 5.73 Å². The lowest BCUT2D eigenvalue weighted by Gasteiger charge is -2.09. The lowest BCUT2D eigenvalue weighted by atomic mass is 10.0. The molecule has 0 atom stereocenters. The van der Waals surface area contributed by atoms with Crippen molar-refractivity contribution in [1.82, 2.24) is 4.98 Å². The average molecular weight is 277 g/mol. The number of hydrogen-bond acceptors (Lipinski definition) is 3. The van der Waals surface area contributed by atoms with Crippen molar-refractivity contribution in [2.45, 2.75) is 26.3 Å². The maximum Gasteiger partial charge on any atom is 0.168 e. The van der Waals surface area contributed by atoms with Gasteiger partial charge in [0.15, 0.2) is 23.3 Å². The van der Waals surface area contributed by atoms with Crippen molar-refractivity contribution in [3.63, 3.8) is 0 Å². The first-order valence-electron chi connectivity index (χ1n) is 6.41. The van der Waals surface area contributed by atoms with Gasteiger partial charge in [0, 0.05) is 12.6 Å². The van der Waals surface area contributed by atoms with Crippen LogP contribution in [0.5, 0.6) is 0 Å². The molecule has 0 spiro atoms. The first-order chi connectivity index (χ1) is 9.47. The molecular formula is C15H17F2N3. The van der Waals surface area contributed by atoms with E-state index < -0.39 is 11.6 Å². The van der Waals surface area contributed by atoms with E-state index >= 15 is 0 Å². The summed E-state index contributed by atoms with van der Waals surface area (Å²) in [5.74, 6) is -1.50. The van der Waals surface area contributed by atoms with Gasteiger partial charge in [0.1, 0.15) is 0 Å². The number of nitrogen functional groups attached to an aromatic ring is 1. The van der Waals surface area contributed by atoms with Gasteiger partial charge in [0.2, 0.25) is 0 Å². The van der Waals surface area contributed by atoms with Crippen molar-refractivity contribution in [3.05, 3.63) is 53.1 Å². The summed E-state index contributed by atoms with van der Waals surface area (Å²) in [6.07, 6.45) is 0. The summed E-state index contributed by atoms with van der Waals surface area (Å²) >= 11 is 0. The lowest BCUT2D eigenvalue weighted by Crippen LogP contribution is -2.07. The summed E-state index contributed by atoms with van der Waals surface area (Å²) in [4.78, 5) is 3.65. The van der Waals surface area contributed by atoms with Crippen LogP contribution in [0.2, 0.25) is 0 Å². The van der Waals surface area contributed by atoms with E-state index in [0.717, 1.165) is 11.6 Å². The van der Waals surface area contributed by atoms with Crippen LogP contribution < -0.4 is 11.1 Å². The zero-order valence-electron chi connectivity index (χ0n) is 11.5. The Morgan fingerprint density at radius 3 is 2.40 bits per heavy atom. The van der Waals surface area contributed by atoms with Crippen molar-refractivity contribution in [3.8, 4) is 0 Å². The van der Waals surface area contributed by atoms with Crippen LogP contribution in [0.4, 0.5) is 20.4 Å². The number of halogens is 2. The van der Waals surface area contributed by atoms with E-state index in [1.807, 2.05) is 24.3 Å². The van der Waals surface area contributed by atoms with Crippen LogP contribution in [-0.2, 0) is 6.54 Å². The van der Waals surface area contributed by atoms with E-state index in [9.17, 15) is 8.78 Å². The van der Waals surface area contributed by atoms with E-state index in [-0.39, 0.29) is 11.6 Å². The fraction of sp³-hybridized carbons (Fsp3) is 0.267. The summed E-state index contributed by atoms with van der Waals surface area (Å²) in [5, 5.41) is 2.81. The topological polar surface area (TPSA) is 50.9 Å². The highest BCUT2D eigenvalue weighted by Crippen LogP contribution is 2.18. The van der Waals surface area contributed by atoms with Crippen molar-refractivity contribution >= 4 is 11.6 Å². The summed E-state index contributed by atoms with van der Waals surface area (Å²) in [7, 11) is 0. The quantitative estimate of drug-likeness (QED) is 0.896. The Balaban J connectivity index is 2.07. The SMILES string of the molecule is CC(C)c1ccc(CNc2nc(N)c(F)cc2F)cc1. The van der Waals surface area contributed by atoms with Gasteiger partial charge >= 0.3 is 0 Å². The van der Waals surface area contributed by atoms with Crippen LogP contribution in [0, 0.1) is 11.6 Å². The van der Waals surface area contributed by atoms with Gasteiger partial charge in [-0.2, -0.15) is 0 Å². The molecule has 0 aliphatic rings. The second-order valence-electron chi connectivity index (χ2n) is 4.94. The average Bonchev–Trinajstić information content (AvgIpc) is 2.42. The minimum atomic E-state index is -0.852. The Hall–Kier alpha value is -2.17. The van der Waals surface area contributed by atoms with Crippen LogP contribution in [0.1, 0.15) is 30.9 Å². The monoisotopic (exact) mass is 277 g/mol. The summed E-state index contributed by atoms with van der Waals surface area (Å²) < 4.78 is 26.5. The van der Waals surface area contributed by atoms with Gasteiger partial charge in [-0.3, -0.25) is 0 Å². The largest absolute Gasteiger partial charge is 0.381 e. The summed E-state index contributed by atoms with van der Waals surface area (Å²) in [5.41, 5.74) is 7.54. The Bertz CT molecular complexity index is 595. The van der Waals surface area contributed by atoms with Crippen LogP contribution in [0.3, 0.4) is 0 Å². The van der Waals surface area contributed by atoms with Crippen molar-refractivity contribution in [2.75, 3.05) is 11.1 Å². The summed E-state index contributed by atoms with van der Waals surface area (Å²) in [6, 6.07) is 8.72. The molecule has 5 heteroatoms. The summed E-state index contributed by atoms with van der Waals surface area (Å²) in [6.45, 7) is 4.63. The Kier molecular flexibility index (Phi) is 4.17. The molecular weight excluding hydrogens is 260 g/mol. The van der Waals surface area contributed by atoms with Crippen molar-refractivity contribution < 1.29 is 8.78 Å². The maximum atomic E-state index is 13.5. The van der Waals surface area contributed by atoms with Crippen LogP contribution in [-0.4, -0.2) is 4.98 Å². The molecule has 0 saturated heterocycles. The zero-order valence-corrected chi connectivity index (χ0v) is 11.5. The minimum absolute atomic E-state index is 0.0446. The number of anilines is 2. The molecule has 0 aliphatic heterocycles. The Labute approximate surface area is 116 Å². The standard InChI is InChI=1S/C15H17F2N3/c1-9(2)11-5-3-10(4-6-11)8-19-15-13(17)7-12(16)14(18)20-15/h3-7,9H,8H2,1-2H3,(H3,18,19,20). The lowest BCUT2D eigenvalue weighted by molar-refractivity contribution is 0.579. The van der Waals surface area contributed by atoms with Crippen LogP contribution in [0.15, 0.2) is 30.3 Å². The molecule has 3 N–H and O–H groups in total. The molecule has 0 unspecified atom stereocenters. The number of hydrogen-bond donors (Lipinski definition) is 2. The third-order valence-corrected chi connectivity index (χ3v) is 3.06. The molecule has 0 radical (unpaired) electrons. The molecule has 1 aromatic heterocycles. The van der Waals surface area contributed by atoms with Gasteiger partial charge in [0.25, 0.3) is 0 Å². The molecule has 2 aromatic rings. The molecule has 0 aliphatic carbocycles. The van der Waals surface area contributed by atoms with E-state index in [1.54, 1.807) is 0 Å². The number of aromatic nitrogens is 1. The normalized spacial score (nSPS) is 10.8. The second kappa shape index (κ2) is 5.86. The van der Waals surface area contributed by atoms with Gasteiger partial charge in [-0.1, -0.05) is 38.1 Å². The van der Waals surface area contributed by atoms with Gasteiger partial charge in [-0.05, 0) is 17.0 Å². The number of nitrogens with two attached hydrogens (primary N) is 1. The highest BCUT2D eigenvalue weighted by Gasteiger charge is 2.09. The number of nitrogens with one attached hydrogen (secondary N) is 1. The van der Waals surface area contributed by atoms with Gasteiger partial charge < -0.3 is 11.1 Å². The molecule has 0 saturated carbocycles. The smallest absolute Gasteiger partial charge is 0.168 e. The highest BCUT2D eigenvalue weighted by molar-refractivity contribution is 5.45. The van der Waals surface area contributed by atoms with Crippen molar-refractivity contribution in [2.24, 2.45) is 0 Å². The number of benzene rings is 1. The predicted molar refractivity (Wildman–Crippen MR) is 76.4 cm³/mol. The molecule has 1 heterocycles. The number of nitrogens with zero attached hydrogens (tertiary/aromatic N) is 1. The fourth-order valence-electron chi connectivity index (χ4n) is 1.81. The molecule has 2 rings (SSSR count). The maximum absolute atomic E-state index is 13.5. The molecule has 106 valence electrons. The molecule has 0 bridgehead atoms. The van der Waals surface area contributed by atoms with Crippen LogP contribution >= 0.6 is 0 Å². The first-order valence-corrected chi connectivity index (χ1v) is 6.41. The van der Waals surface area contributed by atoms with E-state index in [2.05, 4.69) is 24.1 Å². The molecule has 0 amide bonds. The van der Waals surface area contributed by atoms with Crippen LogP contribution in [0.25, 0.3) is 0 Å². The van der Waals surface area contributed by atoms with Crippen molar-refractivity contribution in [1.29, 1.82) is 0 Å². The highest BCUT2D eigenvalue weighted by atomic mass is 19.1. The fourth-order valence-corrected chi connectivity index (χ4v) is 1.81. The first kappa shape index (κ1) is 14.2. The zero-order chi connectivity index (χ0) is 14.7. The predicted octanol–water partition coefficient (Wildman–Crippen LogP) is 3.68. The van der Waals surface area contributed by atoms with E-state index in [1.165, 1.54) is 5.56 Å². The van der Waals surface area contributed by atoms with Gasteiger partial charge in [-0.25, -0.2) is 13.8 Å². The molecule has 20 heavy (non-hydrogen) atoms. The molecule has 1 aromatic carbocycles. The minimum Gasteiger partial charge on any atom is -0.381 e. The third kappa shape index (κ3) is 3.23.